The molecule has 0 bridgehead atoms. The van der Waals surface area contributed by atoms with E-state index in [2.05, 4.69) is 4.98 Å². The molecule has 0 aliphatic rings. The maximum absolute atomic E-state index is 12.7. The summed E-state index contributed by atoms with van der Waals surface area (Å²) < 4.78 is 6.69. The third-order valence-corrected chi connectivity index (χ3v) is 5.61. The first-order chi connectivity index (χ1) is 13.3. The topological polar surface area (TPSA) is 78.3 Å². The predicted molar refractivity (Wildman–Crippen MR) is 109 cm³/mol. The molecule has 3 rings (SSSR count). The van der Waals surface area contributed by atoms with E-state index in [0.29, 0.717) is 15.8 Å². The third kappa shape index (κ3) is 4.04. The number of hydrogen-bond acceptors (Lipinski definition) is 6. The summed E-state index contributed by atoms with van der Waals surface area (Å²) in [6, 6.07) is 5.51. The van der Waals surface area contributed by atoms with Crippen molar-refractivity contribution >= 4 is 33.3 Å². The van der Waals surface area contributed by atoms with Gasteiger partial charge in [-0.1, -0.05) is 6.07 Å². The largest absolute Gasteiger partial charge is 0.454 e. The van der Waals surface area contributed by atoms with Crippen LogP contribution in [0.5, 0.6) is 0 Å². The van der Waals surface area contributed by atoms with Crippen molar-refractivity contribution in [2.45, 2.75) is 46.8 Å². The summed E-state index contributed by atoms with van der Waals surface area (Å²) >= 11 is 1.39. The number of Topliss-reactive ketones (excluding diaryl/α,β-unsaturated/α-hetero) is 1. The molecule has 0 aliphatic carbocycles. The van der Waals surface area contributed by atoms with Crippen LogP contribution in [0.4, 0.5) is 0 Å². The average Bonchev–Trinajstić information content (AvgIpc) is 3.13. The first kappa shape index (κ1) is 19.9. The van der Waals surface area contributed by atoms with Gasteiger partial charge in [-0.2, -0.15) is 0 Å². The number of nitrogens with zero attached hydrogens (tertiary/aromatic N) is 2. The van der Waals surface area contributed by atoms with Gasteiger partial charge in [-0.15, -0.1) is 11.3 Å². The van der Waals surface area contributed by atoms with Crippen LogP contribution in [-0.2, 0) is 16.1 Å². The molecular formula is C21H22N2O4S. The second-order valence-electron chi connectivity index (χ2n) is 6.88. The molecule has 2 aromatic heterocycles. The molecule has 1 aromatic carbocycles. The second-order valence-corrected chi connectivity index (χ2v) is 7.77. The van der Waals surface area contributed by atoms with Gasteiger partial charge in [0.25, 0.3) is 5.56 Å². The minimum atomic E-state index is -0.887. The van der Waals surface area contributed by atoms with Crippen molar-refractivity contribution in [1.82, 2.24) is 9.55 Å². The van der Waals surface area contributed by atoms with E-state index in [-0.39, 0.29) is 24.3 Å². The molecule has 3 aromatic rings. The molecular weight excluding hydrogens is 376 g/mol. The smallest absolute Gasteiger partial charge is 0.308 e. The normalized spacial score (nSPS) is 12.1. The number of carbonyl (C=O) groups excluding carboxylic acids is 2. The molecule has 0 spiro atoms. The predicted octanol–water partition coefficient (Wildman–Crippen LogP) is 3.59. The maximum atomic E-state index is 12.7. The number of aromatic nitrogens is 2. The van der Waals surface area contributed by atoms with E-state index in [4.69, 9.17) is 4.74 Å². The summed E-state index contributed by atoms with van der Waals surface area (Å²) in [7, 11) is 0. The molecule has 1 unspecified atom stereocenters. The number of ketones is 1. The Balaban J connectivity index is 1.64. The van der Waals surface area contributed by atoms with E-state index in [0.717, 1.165) is 16.7 Å². The molecule has 2 heterocycles. The lowest BCUT2D eigenvalue weighted by atomic mass is 9.96. The van der Waals surface area contributed by atoms with Gasteiger partial charge < -0.3 is 4.74 Å². The van der Waals surface area contributed by atoms with E-state index in [1.807, 2.05) is 32.9 Å². The maximum Gasteiger partial charge on any atom is 0.308 e. The van der Waals surface area contributed by atoms with E-state index in [1.165, 1.54) is 22.2 Å². The van der Waals surface area contributed by atoms with Crippen LogP contribution >= 0.6 is 11.3 Å². The standard InChI is InChI=1S/C21H22N2O4S/c1-12-9-14(3)17(10-13(12)2)19(25)15(4)27-18(24)5-7-23-11-22-20-16(21(23)26)6-8-28-20/h6,8-11,15H,5,7H2,1-4H3. The molecule has 0 saturated heterocycles. The Morgan fingerprint density at radius 2 is 1.89 bits per heavy atom. The van der Waals surface area contributed by atoms with Crippen LogP contribution in [0.1, 0.15) is 40.4 Å². The number of rotatable bonds is 6. The Morgan fingerprint density at radius 1 is 1.18 bits per heavy atom. The summed E-state index contributed by atoms with van der Waals surface area (Å²) in [6.45, 7) is 7.52. The van der Waals surface area contributed by atoms with Gasteiger partial charge in [0.15, 0.2) is 6.10 Å². The van der Waals surface area contributed by atoms with Crippen molar-refractivity contribution in [1.29, 1.82) is 0 Å². The van der Waals surface area contributed by atoms with Gasteiger partial charge >= 0.3 is 5.97 Å². The molecule has 0 saturated carbocycles. The first-order valence-electron chi connectivity index (χ1n) is 9.02. The van der Waals surface area contributed by atoms with Gasteiger partial charge in [-0.3, -0.25) is 19.0 Å². The van der Waals surface area contributed by atoms with Gasteiger partial charge in [-0.05, 0) is 61.9 Å². The summed E-state index contributed by atoms with van der Waals surface area (Å²) in [5.41, 5.74) is 3.36. The average molecular weight is 398 g/mol. The number of esters is 1. The van der Waals surface area contributed by atoms with Crippen molar-refractivity contribution in [2.75, 3.05) is 0 Å². The lowest BCUT2D eigenvalue weighted by Crippen LogP contribution is -2.27. The number of thiophene rings is 1. The Morgan fingerprint density at radius 3 is 2.64 bits per heavy atom. The van der Waals surface area contributed by atoms with Crippen molar-refractivity contribution in [3.8, 4) is 0 Å². The van der Waals surface area contributed by atoms with Gasteiger partial charge in [0.1, 0.15) is 4.83 Å². The lowest BCUT2D eigenvalue weighted by molar-refractivity contribution is -0.146. The Kier molecular flexibility index (Phi) is 5.74. The summed E-state index contributed by atoms with van der Waals surface area (Å²) in [6.07, 6.45) is 0.532. The molecule has 0 aliphatic heterocycles. The van der Waals surface area contributed by atoms with Crippen molar-refractivity contribution in [3.63, 3.8) is 0 Å². The van der Waals surface area contributed by atoms with Gasteiger partial charge in [0, 0.05) is 12.1 Å². The number of aryl methyl sites for hydroxylation is 4. The summed E-state index contributed by atoms with van der Waals surface area (Å²) in [5, 5.41) is 2.34. The van der Waals surface area contributed by atoms with Crippen LogP contribution < -0.4 is 5.56 Å². The van der Waals surface area contributed by atoms with E-state index < -0.39 is 12.1 Å². The fraction of sp³-hybridized carbons (Fsp3) is 0.333. The highest BCUT2D eigenvalue weighted by atomic mass is 32.1. The monoisotopic (exact) mass is 398 g/mol. The molecule has 7 heteroatoms. The minimum Gasteiger partial charge on any atom is -0.454 e. The number of hydrogen-bond donors (Lipinski definition) is 0. The van der Waals surface area contributed by atoms with Crippen LogP contribution in [0.25, 0.3) is 10.2 Å². The lowest BCUT2D eigenvalue weighted by Gasteiger charge is -2.15. The Hall–Kier alpha value is -2.80. The van der Waals surface area contributed by atoms with Gasteiger partial charge in [0.2, 0.25) is 5.78 Å². The molecule has 6 nitrogen and oxygen atoms in total. The van der Waals surface area contributed by atoms with Crippen molar-refractivity contribution in [3.05, 3.63) is 62.5 Å². The van der Waals surface area contributed by atoms with Crippen LogP contribution in [0.2, 0.25) is 0 Å². The van der Waals surface area contributed by atoms with Crippen molar-refractivity contribution in [2.24, 2.45) is 0 Å². The molecule has 146 valence electrons. The number of ether oxygens (including phenoxy) is 1. The van der Waals surface area contributed by atoms with Crippen LogP contribution in [0.3, 0.4) is 0 Å². The third-order valence-electron chi connectivity index (χ3n) is 4.79. The summed E-state index contributed by atoms with van der Waals surface area (Å²) in [5.74, 6) is -0.757. The van der Waals surface area contributed by atoms with Crippen molar-refractivity contribution < 1.29 is 14.3 Å². The number of benzene rings is 1. The molecule has 0 N–H and O–H groups in total. The SMILES string of the molecule is Cc1cc(C)c(C(=O)C(C)OC(=O)CCn2cnc3sccc3c2=O)cc1C. The zero-order valence-electron chi connectivity index (χ0n) is 16.3. The quantitative estimate of drug-likeness (QED) is 0.468. The number of carbonyl (C=O) groups is 2. The Labute approximate surface area is 166 Å². The molecule has 0 radical (unpaired) electrons. The highest BCUT2D eigenvalue weighted by molar-refractivity contribution is 7.16. The zero-order chi connectivity index (χ0) is 20.4. The van der Waals surface area contributed by atoms with Gasteiger partial charge in [-0.25, -0.2) is 4.98 Å². The van der Waals surface area contributed by atoms with E-state index in [9.17, 15) is 14.4 Å². The van der Waals surface area contributed by atoms with Crippen LogP contribution in [-0.4, -0.2) is 27.4 Å². The molecule has 0 amide bonds. The minimum absolute atomic E-state index is 0.0131. The molecule has 0 fully saturated rings. The summed E-state index contributed by atoms with van der Waals surface area (Å²) in [4.78, 5) is 42.1. The zero-order valence-corrected chi connectivity index (χ0v) is 17.1. The molecule has 28 heavy (non-hydrogen) atoms. The van der Waals surface area contributed by atoms with Crippen LogP contribution in [0.15, 0.2) is 34.7 Å². The van der Waals surface area contributed by atoms with Gasteiger partial charge in [0.05, 0.1) is 18.1 Å². The Bertz CT molecular complexity index is 1110. The fourth-order valence-electron chi connectivity index (χ4n) is 3.02. The highest BCUT2D eigenvalue weighted by Crippen LogP contribution is 2.18. The molecule has 1 atom stereocenters. The second kappa shape index (κ2) is 8.06. The fourth-order valence-corrected chi connectivity index (χ4v) is 3.74. The highest BCUT2D eigenvalue weighted by Gasteiger charge is 2.21. The van der Waals surface area contributed by atoms with E-state index >= 15 is 0 Å². The first-order valence-corrected chi connectivity index (χ1v) is 9.90. The van der Waals surface area contributed by atoms with E-state index in [1.54, 1.807) is 18.4 Å². The number of fused-ring (bicyclic) bond motifs is 1. The van der Waals surface area contributed by atoms with Crippen LogP contribution in [0, 0.1) is 20.8 Å².